The van der Waals surface area contributed by atoms with Gasteiger partial charge >= 0.3 is 0 Å². The summed E-state index contributed by atoms with van der Waals surface area (Å²) in [5.41, 5.74) is 1.50. The summed E-state index contributed by atoms with van der Waals surface area (Å²) >= 11 is 0. The van der Waals surface area contributed by atoms with Gasteiger partial charge < -0.3 is 0 Å². The number of carbonyl (C=O) groups excluding carboxylic acids is 2. The van der Waals surface area contributed by atoms with Crippen molar-refractivity contribution in [2.24, 2.45) is 21.3 Å². The first-order valence-corrected chi connectivity index (χ1v) is 6.82. The summed E-state index contributed by atoms with van der Waals surface area (Å²) in [6.45, 7) is 7.13. The van der Waals surface area contributed by atoms with Crippen LogP contribution in [0.3, 0.4) is 0 Å². The van der Waals surface area contributed by atoms with Crippen LogP contribution in [0.1, 0.15) is 46.5 Å². The van der Waals surface area contributed by atoms with E-state index in [0.717, 1.165) is 25.7 Å². The number of aliphatic imine (C=N–C) groups is 2. The zero-order valence-electron chi connectivity index (χ0n) is 12.0. The van der Waals surface area contributed by atoms with E-state index >= 15 is 0 Å². The van der Waals surface area contributed by atoms with Crippen LogP contribution in [0.5, 0.6) is 0 Å². The molecule has 1 saturated carbocycles. The van der Waals surface area contributed by atoms with Gasteiger partial charge in [-0.15, -0.1) is 0 Å². The Morgan fingerprint density at radius 3 is 2.68 bits per heavy atom. The van der Waals surface area contributed by atoms with Crippen molar-refractivity contribution in [1.29, 1.82) is 0 Å². The minimum absolute atomic E-state index is 0.0661. The van der Waals surface area contributed by atoms with Crippen LogP contribution in [-0.4, -0.2) is 24.7 Å². The van der Waals surface area contributed by atoms with Gasteiger partial charge in [0.15, 0.2) is 0 Å². The molecule has 0 bridgehead atoms. The van der Waals surface area contributed by atoms with Gasteiger partial charge in [-0.2, -0.15) is 0 Å². The van der Waals surface area contributed by atoms with Gasteiger partial charge in [-0.25, -0.2) is 19.6 Å². The van der Waals surface area contributed by atoms with Crippen LogP contribution in [0.25, 0.3) is 0 Å². The minimum atomic E-state index is 0.0661. The molecule has 1 aliphatic carbocycles. The number of unbranched alkanes of at least 4 members (excludes halogenated alkanes) is 1. The van der Waals surface area contributed by atoms with Crippen LogP contribution >= 0.6 is 0 Å². The predicted octanol–water partition coefficient (Wildman–Crippen LogP) is 3.19. The summed E-state index contributed by atoms with van der Waals surface area (Å²) in [4.78, 5) is 27.8. The van der Waals surface area contributed by atoms with Crippen molar-refractivity contribution in [2.45, 2.75) is 52.5 Å². The number of nitrogens with zero attached hydrogens (tertiary/aromatic N) is 2. The van der Waals surface area contributed by atoms with Gasteiger partial charge in [0.25, 0.3) is 0 Å². The van der Waals surface area contributed by atoms with E-state index in [2.05, 4.69) is 36.8 Å². The fourth-order valence-electron chi connectivity index (χ4n) is 3.12. The fraction of sp³-hybridized carbons (Fsp3) is 0.733. The van der Waals surface area contributed by atoms with Gasteiger partial charge in [0, 0.05) is 0 Å². The topological polar surface area (TPSA) is 58.9 Å². The lowest BCUT2D eigenvalue weighted by Gasteiger charge is -2.40. The molecule has 19 heavy (non-hydrogen) atoms. The van der Waals surface area contributed by atoms with Crippen LogP contribution in [0, 0.1) is 11.3 Å². The number of isocyanates is 2. The number of rotatable bonds is 5. The Labute approximate surface area is 114 Å². The Kier molecular flexibility index (Phi) is 5.88. The van der Waals surface area contributed by atoms with Crippen LogP contribution in [0.15, 0.2) is 21.6 Å². The molecule has 0 amide bonds. The Balaban J connectivity index is 2.69. The van der Waals surface area contributed by atoms with Gasteiger partial charge in [0.2, 0.25) is 12.2 Å². The van der Waals surface area contributed by atoms with Crippen LogP contribution in [0.4, 0.5) is 0 Å². The number of allylic oxidation sites excluding steroid dienone is 2. The molecule has 4 heteroatoms. The van der Waals surface area contributed by atoms with Gasteiger partial charge in [-0.05, 0) is 37.0 Å². The number of hydrogen-bond acceptors (Lipinski definition) is 4. The smallest absolute Gasteiger partial charge is 0.211 e. The van der Waals surface area contributed by atoms with E-state index in [4.69, 9.17) is 0 Å². The zero-order chi connectivity index (χ0) is 14.3. The van der Waals surface area contributed by atoms with E-state index in [1.807, 2.05) is 0 Å². The first-order valence-electron chi connectivity index (χ1n) is 6.82. The highest BCUT2D eigenvalue weighted by Crippen LogP contribution is 2.44. The molecule has 2 atom stereocenters. The van der Waals surface area contributed by atoms with Crippen molar-refractivity contribution >= 4 is 12.2 Å². The maximum Gasteiger partial charge on any atom is 0.235 e. The summed E-state index contributed by atoms with van der Waals surface area (Å²) in [6, 6.07) is 0.0966. The Morgan fingerprint density at radius 1 is 1.37 bits per heavy atom. The first-order chi connectivity index (χ1) is 9.01. The molecule has 0 aromatic rings. The lowest BCUT2D eigenvalue weighted by Crippen LogP contribution is -2.32. The quantitative estimate of drug-likeness (QED) is 0.330. The molecule has 4 nitrogen and oxygen atoms in total. The lowest BCUT2D eigenvalue weighted by atomic mass is 9.66. The third-order valence-corrected chi connectivity index (χ3v) is 3.82. The molecule has 0 radical (unpaired) electrons. The van der Waals surface area contributed by atoms with Crippen molar-refractivity contribution in [1.82, 2.24) is 0 Å². The van der Waals surface area contributed by atoms with Gasteiger partial charge in [0.05, 0.1) is 12.6 Å². The SMILES string of the molecule is CC1CC(N=C=O)CC(C)(C)C1=CCCCN=C=O. The van der Waals surface area contributed by atoms with Crippen molar-refractivity contribution in [3.63, 3.8) is 0 Å². The number of hydrogen-bond donors (Lipinski definition) is 0. The second-order valence-electron chi connectivity index (χ2n) is 5.87. The van der Waals surface area contributed by atoms with E-state index in [0.29, 0.717) is 12.5 Å². The van der Waals surface area contributed by atoms with Gasteiger partial charge in [-0.1, -0.05) is 32.4 Å². The molecule has 0 saturated heterocycles. The molecule has 0 heterocycles. The van der Waals surface area contributed by atoms with E-state index in [-0.39, 0.29) is 11.5 Å². The Morgan fingerprint density at radius 2 is 2.11 bits per heavy atom. The van der Waals surface area contributed by atoms with E-state index in [9.17, 15) is 9.59 Å². The highest BCUT2D eigenvalue weighted by Gasteiger charge is 2.36. The van der Waals surface area contributed by atoms with Crippen molar-refractivity contribution in [3.8, 4) is 0 Å². The van der Waals surface area contributed by atoms with Crippen molar-refractivity contribution < 1.29 is 9.59 Å². The minimum Gasteiger partial charge on any atom is -0.211 e. The molecule has 0 aromatic heterocycles. The lowest BCUT2D eigenvalue weighted by molar-refractivity contribution is 0.259. The highest BCUT2D eigenvalue weighted by atomic mass is 16.1. The summed E-state index contributed by atoms with van der Waals surface area (Å²) in [5, 5.41) is 0. The molecule has 2 unspecified atom stereocenters. The molecular formula is C15H22N2O2. The second kappa shape index (κ2) is 7.18. The first kappa shape index (κ1) is 15.6. The monoisotopic (exact) mass is 262 g/mol. The standard InChI is InChI=1S/C15H22N2O2/c1-12-8-13(17-11-19)9-15(2,3)14(12)6-4-5-7-16-10-18/h6,12-13H,4-5,7-9H2,1-3H3. The summed E-state index contributed by atoms with van der Waals surface area (Å²) in [6.07, 6.45) is 9.12. The Bertz CT molecular complexity index is 427. The molecular weight excluding hydrogens is 240 g/mol. The highest BCUT2D eigenvalue weighted by molar-refractivity contribution is 5.34. The van der Waals surface area contributed by atoms with Crippen LogP contribution in [-0.2, 0) is 9.59 Å². The fourth-order valence-corrected chi connectivity index (χ4v) is 3.12. The van der Waals surface area contributed by atoms with E-state index in [1.54, 1.807) is 12.2 Å². The molecule has 1 fully saturated rings. The molecule has 104 valence electrons. The maximum absolute atomic E-state index is 10.4. The molecule has 0 spiro atoms. The molecule has 1 aliphatic rings. The predicted molar refractivity (Wildman–Crippen MR) is 74.4 cm³/mol. The van der Waals surface area contributed by atoms with Crippen molar-refractivity contribution in [2.75, 3.05) is 6.54 Å². The normalized spacial score (nSPS) is 27.4. The van der Waals surface area contributed by atoms with E-state index in [1.165, 1.54) is 5.57 Å². The summed E-state index contributed by atoms with van der Waals surface area (Å²) in [7, 11) is 0. The van der Waals surface area contributed by atoms with Crippen molar-refractivity contribution in [3.05, 3.63) is 11.6 Å². The zero-order valence-corrected chi connectivity index (χ0v) is 12.0. The maximum atomic E-state index is 10.4. The summed E-state index contributed by atoms with van der Waals surface area (Å²) in [5.74, 6) is 0.431. The molecule has 0 aromatic carbocycles. The molecule has 0 aliphatic heterocycles. The molecule has 1 rings (SSSR count). The van der Waals surface area contributed by atoms with Crippen LogP contribution in [0.2, 0.25) is 0 Å². The molecule has 0 N–H and O–H groups in total. The third-order valence-electron chi connectivity index (χ3n) is 3.82. The van der Waals surface area contributed by atoms with E-state index < -0.39 is 0 Å². The Hall–Kier alpha value is -1.50. The average Bonchev–Trinajstić information content (AvgIpc) is 2.31. The second-order valence-corrected chi connectivity index (χ2v) is 5.87. The average molecular weight is 262 g/mol. The third kappa shape index (κ3) is 4.59. The van der Waals surface area contributed by atoms with Gasteiger partial charge in [-0.3, -0.25) is 0 Å². The van der Waals surface area contributed by atoms with Gasteiger partial charge in [0.1, 0.15) is 0 Å². The largest absolute Gasteiger partial charge is 0.235 e. The van der Waals surface area contributed by atoms with Crippen LogP contribution < -0.4 is 0 Å². The summed E-state index contributed by atoms with van der Waals surface area (Å²) < 4.78 is 0.